The van der Waals surface area contributed by atoms with Gasteiger partial charge in [-0.15, -0.1) is 0 Å². The third-order valence-electron chi connectivity index (χ3n) is 2.82. The Morgan fingerprint density at radius 3 is 2.52 bits per heavy atom. The molecule has 0 bridgehead atoms. The van der Waals surface area contributed by atoms with E-state index in [1.807, 2.05) is 0 Å². The number of hydrogen-bond acceptors (Lipinski definition) is 3. The van der Waals surface area contributed by atoms with E-state index in [1.165, 1.54) is 0 Å². The smallest absolute Gasteiger partial charge is 0.168 e. The fourth-order valence-electron chi connectivity index (χ4n) is 1.79. The molecule has 0 atom stereocenters. The van der Waals surface area contributed by atoms with Crippen LogP contribution < -0.4 is 4.74 Å². The molecule has 0 aromatic heterocycles. The molecule has 0 heterocycles. The zero-order valence-corrected chi connectivity index (χ0v) is 11.8. The zero-order valence-electron chi connectivity index (χ0n) is 11.8. The summed E-state index contributed by atoms with van der Waals surface area (Å²) in [5.41, 5.74) is -0.183. The number of nitriles is 2. The number of ether oxygens (including phenoxy) is 1. The Hall–Kier alpha value is -2.40. The summed E-state index contributed by atoms with van der Waals surface area (Å²) < 4.78 is 32.4. The van der Waals surface area contributed by atoms with Crippen LogP contribution in [0.5, 0.6) is 5.75 Å². The zero-order chi connectivity index (χ0) is 15.7. The van der Waals surface area contributed by atoms with Crippen molar-refractivity contribution in [1.82, 2.24) is 0 Å². The maximum absolute atomic E-state index is 13.8. The summed E-state index contributed by atoms with van der Waals surface area (Å²) in [6.07, 6.45) is 4.98. The second kappa shape index (κ2) is 8.71. The van der Waals surface area contributed by atoms with E-state index < -0.39 is 11.6 Å². The van der Waals surface area contributed by atoms with Gasteiger partial charge in [-0.2, -0.15) is 10.5 Å². The van der Waals surface area contributed by atoms with Gasteiger partial charge in [0.15, 0.2) is 11.6 Å². The molecule has 0 saturated carbocycles. The van der Waals surface area contributed by atoms with Crippen molar-refractivity contribution in [2.24, 2.45) is 0 Å². The van der Waals surface area contributed by atoms with E-state index >= 15 is 0 Å². The molecule has 1 aromatic carbocycles. The van der Waals surface area contributed by atoms with Gasteiger partial charge in [-0.25, -0.2) is 8.78 Å². The predicted octanol–water partition coefficient (Wildman–Crippen LogP) is 4.35. The topological polar surface area (TPSA) is 56.8 Å². The first-order valence-corrected chi connectivity index (χ1v) is 6.76. The van der Waals surface area contributed by atoms with Crippen molar-refractivity contribution in [2.75, 3.05) is 6.61 Å². The van der Waals surface area contributed by atoms with E-state index in [2.05, 4.69) is 6.92 Å². The lowest BCUT2D eigenvalue weighted by atomic mass is 10.1. The Labute approximate surface area is 123 Å². The molecular formula is C16H16F2N2O. The summed E-state index contributed by atoms with van der Waals surface area (Å²) in [4.78, 5) is 0. The molecule has 0 radical (unpaired) electrons. The lowest BCUT2D eigenvalue weighted by Crippen LogP contribution is -2.02. The van der Waals surface area contributed by atoms with Crippen LogP contribution in [0.15, 0.2) is 17.7 Å². The lowest BCUT2D eigenvalue weighted by Gasteiger charge is -2.10. The Balaban J connectivity index is 2.94. The predicted molar refractivity (Wildman–Crippen MR) is 75.2 cm³/mol. The molecule has 0 aliphatic heterocycles. The van der Waals surface area contributed by atoms with Gasteiger partial charge in [0.05, 0.1) is 6.61 Å². The molecule has 0 aliphatic rings. The molecule has 3 nitrogen and oxygen atoms in total. The van der Waals surface area contributed by atoms with Crippen LogP contribution >= 0.6 is 0 Å². The second-order valence-corrected chi connectivity index (χ2v) is 4.50. The molecule has 1 rings (SSSR count). The number of rotatable bonds is 7. The second-order valence-electron chi connectivity index (χ2n) is 4.50. The van der Waals surface area contributed by atoms with E-state index in [0.29, 0.717) is 6.61 Å². The molecule has 0 N–H and O–H groups in total. The van der Waals surface area contributed by atoms with Crippen LogP contribution in [-0.2, 0) is 0 Å². The van der Waals surface area contributed by atoms with Crippen molar-refractivity contribution in [1.29, 1.82) is 10.5 Å². The molecule has 0 unspecified atom stereocenters. The van der Waals surface area contributed by atoms with Gasteiger partial charge in [0.25, 0.3) is 0 Å². The third kappa shape index (κ3) is 5.24. The fraction of sp³-hybridized carbons (Fsp3) is 0.375. The van der Waals surface area contributed by atoms with E-state index in [9.17, 15) is 8.78 Å². The third-order valence-corrected chi connectivity index (χ3v) is 2.82. The SMILES string of the molecule is CCCCCCOc1c(F)cc(F)cc1C=C(C#N)C#N. The number of unbranched alkanes of at least 4 members (excludes halogenated alkanes) is 3. The van der Waals surface area contributed by atoms with Gasteiger partial charge in [0.2, 0.25) is 0 Å². The van der Waals surface area contributed by atoms with Crippen LogP contribution in [0.25, 0.3) is 6.08 Å². The van der Waals surface area contributed by atoms with E-state index in [4.69, 9.17) is 15.3 Å². The van der Waals surface area contributed by atoms with E-state index in [-0.39, 0.29) is 16.9 Å². The molecule has 0 spiro atoms. The number of benzene rings is 1. The molecular weight excluding hydrogens is 274 g/mol. The summed E-state index contributed by atoms with van der Waals surface area (Å²) in [5.74, 6) is -1.75. The molecule has 0 amide bonds. The Morgan fingerprint density at radius 1 is 1.19 bits per heavy atom. The fourth-order valence-corrected chi connectivity index (χ4v) is 1.79. The molecule has 5 heteroatoms. The minimum atomic E-state index is -0.841. The first kappa shape index (κ1) is 16.7. The summed E-state index contributed by atoms with van der Waals surface area (Å²) in [7, 11) is 0. The highest BCUT2D eigenvalue weighted by Gasteiger charge is 2.12. The summed E-state index contributed by atoms with van der Waals surface area (Å²) >= 11 is 0. The maximum Gasteiger partial charge on any atom is 0.168 e. The quantitative estimate of drug-likeness (QED) is 0.554. The Bertz CT molecular complexity index is 582. The number of halogens is 2. The van der Waals surface area contributed by atoms with Crippen molar-refractivity contribution in [3.05, 3.63) is 34.9 Å². The van der Waals surface area contributed by atoms with Gasteiger partial charge in [-0.1, -0.05) is 26.2 Å². The minimum Gasteiger partial charge on any atom is -0.490 e. The first-order chi connectivity index (χ1) is 10.1. The minimum absolute atomic E-state index is 0.0566. The molecule has 0 saturated heterocycles. The van der Waals surface area contributed by atoms with E-state index in [1.54, 1.807) is 12.1 Å². The van der Waals surface area contributed by atoms with E-state index in [0.717, 1.165) is 43.9 Å². The largest absolute Gasteiger partial charge is 0.490 e. The highest BCUT2D eigenvalue weighted by Crippen LogP contribution is 2.27. The van der Waals surface area contributed by atoms with Crippen LogP contribution in [0.2, 0.25) is 0 Å². The summed E-state index contributed by atoms with van der Waals surface area (Å²) in [5, 5.41) is 17.4. The number of nitrogens with zero attached hydrogens (tertiary/aromatic N) is 2. The monoisotopic (exact) mass is 290 g/mol. The van der Waals surface area contributed by atoms with Crippen molar-refractivity contribution in [3.63, 3.8) is 0 Å². The highest BCUT2D eigenvalue weighted by atomic mass is 19.1. The molecule has 0 fully saturated rings. The summed E-state index contributed by atoms with van der Waals surface area (Å²) in [6.45, 7) is 2.38. The van der Waals surface area contributed by atoms with Gasteiger partial charge >= 0.3 is 0 Å². The molecule has 21 heavy (non-hydrogen) atoms. The van der Waals surface area contributed by atoms with Crippen molar-refractivity contribution in [3.8, 4) is 17.9 Å². The first-order valence-electron chi connectivity index (χ1n) is 6.76. The van der Waals surface area contributed by atoms with Crippen LogP contribution in [-0.4, -0.2) is 6.61 Å². The molecule has 0 aliphatic carbocycles. The van der Waals surface area contributed by atoms with Crippen molar-refractivity contribution in [2.45, 2.75) is 32.6 Å². The summed E-state index contributed by atoms with van der Waals surface area (Å²) in [6, 6.07) is 5.06. The standard InChI is InChI=1S/C16H16F2N2O/c1-2-3-4-5-6-21-16-13(7-12(10-19)11-20)8-14(17)9-15(16)18/h7-9H,2-6H2,1H3. The molecule has 110 valence electrons. The lowest BCUT2D eigenvalue weighted by molar-refractivity contribution is 0.289. The van der Waals surface area contributed by atoms with Gasteiger partial charge < -0.3 is 4.74 Å². The highest BCUT2D eigenvalue weighted by molar-refractivity contribution is 5.66. The molecule has 1 aromatic rings. The average Bonchev–Trinajstić information content (AvgIpc) is 2.46. The van der Waals surface area contributed by atoms with Crippen LogP contribution in [0.4, 0.5) is 8.78 Å². The maximum atomic E-state index is 13.8. The van der Waals surface area contributed by atoms with Gasteiger partial charge in [0.1, 0.15) is 23.5 Å². The van der Waals surface area contributed by atoms with Crippen molar-refractivity contribution < 1.29 is 13.5 Å². The Morgan fingerprint density at radius 2 is 1.90 bits per heavy atom. The van der Waals surface area contributed by atoms with Gasteiger partial charge in [0, 0.05) is 11.6 Å². The van der Waals surface area contributed by atoms with Gasteiger partial charge in [-0.3, -0.25) is 0 Å². The van der Waals surface area contributed by atoms with Crippen LogP contribution in [0, 0.1) is 34.3 Å². The number of allylic oxidation sites excluding steroid dienone is 1. The van der Waals surface area contributed by atoms with Crippen LogP contribution in [0.1, 0.15) is 38.2 Å². The average molecular weight is 290 g/mol. The normalized spacial score (nSPS) is 9.57. The van der Waals surface area contributed by atoms with Crippen molar-refractivity contribution >= 4 is 6.08 Å². The van der Waals surface area contributed by atoms with Crippen LogP contribution in [0.3, 0.4) is 0 Å². The van der Waals surface area contributed by atoms with Gasteiger partial charge in [-0.05, 0) is 18.6 Å². The Kier molecular flexibility index (Phi) is 6.91. The number of hydrogen-bond donors (Lipinski definition) is 0.